The molecule has 0 aliphatic carbocycles. The average Bonchev–Trinajstić information content (AvgIpc) is 2.73. The van der Waals surface area contributed by atoms with E-state index in [9.17, 15) is 4.79 Å². The fourth-order valence-corrected chi connectivity index (χ4v) is 4.57. The Balaban J connectivity index is 1.37. The molecule has 5 nitrogen and oxygen atoms in total. The molecule has 0 unspecified atom stereocenters. The van der Waals surface area contributed by atoms with Crippen LogP contribution >= 0.6 is 0 Å². The highest BCUT2D eigenvalue weighted by molar-refractivity contribution is 5.79. The zero-order valence-electron chi connectivity index (χ0n) is 18.2. The highest BCUT2D eigenvalue weighted by atomic mass is 16.5. The Morgan fingerprint density at radius 2 is 1.90 bits per heavy atom. The van der Waals surface area contributed by atoms with Gasteiger partial charge >= 0.3 is 0 Å². The van der Waals surface area contributed by atoms with Crippen molar-refractivity contribution in [1.29, 1.82) is 0 Å². The molecule has 2 aliphatic rings. The van der Waals surface area contributed by atoms with Crippen molar-refractivity contribution in [3.8, 4) is 11.5 Å². The van der Waals surface area contributed by atoms with Gasteiger partial charge in [0.15, 0.2) is 0 Å². The van der Waals surface area contributed by atoms with Gasteiger partial charge in [0, 0.05) is 30.5 Å². The lowest BCUT2D eigenvalue weighted by Crippen LogP contribution is -2.45. The Kier molecular flexibility index (Phi) is 6.00. The number of piperidine rings is 1. The number of amides is 1. The number of nitrogens with one attached hydrogen (secondary N) is 1. The molecule has 2 heterocycles. The molecule has 0 bridgehead atoms. The van der Waals surface area contributed by atoms with E-state index in [1.54, 1.807) is 7.11 Å². The molecule has 2 aromatic carbocycles. The smallest absolute Gasteiger partial charge is 0.223 e. The molecule has 1 N–H and O–H groups in total. The third-order valence-electron chi connectivity index (χ3n) is 6.20. The molecule has 0 radical (unpaired) electrons. The highest BCUT2D eigenvalue weighted by Crippen LogP contribution is 2.41. The topological polar surface area (TPSA) is 50.8 Å². The Labute approximate surface area is 179 Å². The third-order valence-corrected chi connectivity index (χ3v) is 6.20. The zero-order chi connectivity index (χ0) is 21.1. The second kappa shape index (κ2) is 8.68. The number of carbonyl (C=O) groups excluding carboxylic acids is 1. The van der Waals surface area contributed by atoms with Crippen LogP contribution in [0.15, 0.2) is 48.5 Å². The van der Waals surface area contributed by atoms with Crippen molar-refractivity contribution in [2.24, 2.45) is 5.92 Å². The molecule has 0 spiro atoms. The number of ether oxygens (including phenoxy) is 2. The Hall–Kier alpha value is -2.53. The summed E-state index contributed by atoms with van der Waals surface area (Å²) in [4.78, 5) is 15.5. The quantitative estimate of drug-likeness (QED) is 0.800. The molecule has 1 atom stereocenters. The van der Waals surface area contributed by atoms with E-state index in [0.717, 1.165) is 56.0 Å². The van der Waals surface area contributed by atoms with Gasteiger partial charge in [-0.15, -0.1) is 0 Å². The normalized spacial score (nSPS) is 21.4. The minimum Gasteiger partial charge on any atom is -0.497 e. The summed E-state index contributed by atoms with van der Waals surface area (Å²) >= 11 is 0. The number of hydrogen-bond acceptors (Lipinski definition) is 4. The molecule has 0 aromatic heterocycles. The number of fused-ring (bicyclic) bond motifs is 1. The van der Waals surface area contributed by atoms with Crippen LogP contribution in [-0.4, -0.2) is 36.6 Å². The molecule has 30 heavy (non-hydrogen) atoms. The first-order chi connectivity index (χ1) is 14.4. The van der Waals surface area contributed by atoms with Gasteiger partial charge in [0.25, 0.3) is 0 Å². The van der Waals surface area contributed by atoms with E-state index in [0.29, 0.717) is 0 Å². The van der Waals surface area contributed by atoms with E-state index in [2.05, 4.69) is 48.3 Å². The summed E-state index contributed by atoms with van der Waals surface area (Å²) in [7, 11) is 1.65. The second-order valence-corrected chi connectivity index (χ2v) is 9.07. The number of carbonyl (C=O) groups is 1. The molecule has 1 amide bonds. The lowest BCUT2D eigenvalue weighted by Gasteiger charge is -2.39. The monoisotopic (exact) mass is 408 g/mol. The molecular weight excluding hydrogens is 376 g/mol. The first kappa shape index (κ1) is 20.7. The fourth-order valence-electron chi connectivity index (χ4n) is 4.57. The second-order valence-electron chi connectivity index (χ2n) is 9.07. The van der Waals surface area contributed by atoms with Gasteiger partial charge in [-0.2, -0.15) is 0 Å². The van der Waals surface area contributed by atoms with Crippen LogP contribution in [0.4, 0.5) is 0 Å². The van der Waals surface area contributed by atoms with Crippen molar-refractivity contribution < 1.29 is 14.3 Å². The van der Waals surface area contributed by atoms with E-state index in [4.69, 9.17) is 9.47 Å². The molecule has 5 heteroatoms. The first-order valence-corrected chi connectivity index (χ1v) is 10.9. The van der Waals surface area contributed by atoms with Gasteiger partial charge in [-0.25, -0.2) is 0 Å². The Morgan fingerprint density at radius 3 is 2.60 bits per heavy atom. The summed E-state index contributed by atoms with van der Waals surface area (Å²) in [5, 5.41) is 3.32. The van der Waals surface area contributed by atoms with E-state index < -0.39 is 0 Å². The van der Waals surface area contributed by atoms with Gasteiger partial charge in [0.2, 0.25) is 5.91 Å². The van der Waals surface area contributed by atoms with Crippen LogP contribution in [-0.2, 0) is 11.3 Å². The summed E-state index contributed by atoms with van der Waals surface area (Å²) in [5.41, 5.74) is 2.03. The number of methoxy groups -OCH3 is 1. The van der Waals surface area contributed by atoms with E-state index >= 15 is 0 Å². The summed E-state index contributed by atoms with van der Waals surface area (Å²) in [6.45, 7) is 7.01. The Bertz CT molecular complexity index is 873. The van der Waals surface area contributed by atoms with Crippen molar-refractivity contribution in [2.75, 3.05) is 20.2 Å². The standard InChI is InChI=1S/C25H32N2O3/c1-25(2)16-22(21-10-9-20(29-3)15-23(21)30-25)26-24(28)19-11-13-27(14-12-19)17-18-7-5-4-6-8-18/h4-10,15,19,22H,11-14,16-17H2,1-3H3,(H,26,28)/t22-/m0/s1. The zero-order valence-corrected chi connectivity index (χ0v) is 18.2. The summed E-state index contributed by atoms with van der Waals surface area (Å²) in [6.07, 6.45) is 2.56. The maximum atomic E-state index is 13.1. The van der Waals surface area contributed by atoms with Crippen LogP contribution in [0.5, 0.6) is 11.5 Å². The largest absolute Gasteiger partial charge is 0.497 e. The molecule has 2 aliphatic heterocycles. The molecule has 4 rings (SSSR count). The number of hydrogen-bond donors (Lipinski definition) is 1. The van der Waals surface area contributed by atoms with Gasteiger partial charge in [-0.05, 0) is 57.5 Å². The molecule has 1 saturated heterocycles. The highest BCUT2D eigenvalue weighted by Gasteiger charge is 2.36. The van der Waals surface area contributed by atoms with E-state index in [1.165, 1.54) is 5.56 Å². The fraction of sp³-hybridized carbons (Fsp3) is 0.480. The van der Waals surface area contributed by atoms with Crippen LogP contribution in [0.1, 0.15) is 50.3 Å². The van der Waals surface area contributed by atoms with Gasteiger partial charge < -0.3 is 14.8 Å². The van der Waals surface area contributed by atoms with Gasteiger partial charge in [0.1, 0.15) is 17.1 Å². The molecule has 1 fully saturated rings. The maximum Gasteiger partial charge on any atom is 0.223 e. The van der Waals surface area contributed by atoms with Crippen molar-refractivity contribution in [3.63, 3.8) is 0 Å². The van der Waals surface area contributed by atoms with Crippen LogP contribution in [0, 0.1) is 5.92 Å². The van der Waals surface area contributed by atoms with Crippen molar-refractivity contribution in [1.82, 2.24) is 10.2 Å². The average molecular weight is 409 g/mol. The van der Waals surface area contributed by atoms with Gasteiger partial charge in [0.05, 0.1) is 13.2 Å². The van der Waals surface area contributed by atoms with Crippen LogP contribution < -0.4 is 14.8 Å². The summed E-state index contributed by atoms with van der Waals surface area (Å²) in [6, 6.07) is 16.4. The minimum atomic E-state index is -0.337. The number of nitrogens with zero attached hydrogens (tertiary/aromatic N) is 1. The van der Waals surface area contributed by atoms with Crippen LogP contribution in [0.3, 0.4) is 0 Å². The number of rotatable bonds is 5. The minimum absolute atomic E-state index is 0.0375. The van der Waals surface area contributed by atoms with Crippen LogP contribution in [0.25, 0.3) is 0 Å². The van der Waals surface area contributed by atoms with E-state index in [1.807, 2.05) is 24.3 Å². The van der Waals surface area contributed by atoms with E-state index in [-0.39, 0.29) is 23.5 Å². The molecule has 160 valence electrons. The van der Waals surface area contributed by atoms with Crippen molar-refractivity contribution >= 4 is 5.91 Å². The lowest BCUT2D eigenvalue weighted by atomic mass is 9.88. The third kappa shape index (κ3) is 4.78. The first-order valence-electron chi connectivity index (χ1n) is 10.9. The van der Waals surface area contributed by atoms with Crippen molar-refractivity contribution in [2.45, 2.75) is 51.3 Å². The molecular formula is C25H32N2O3. The summed E-state index contributed by atoms with van der Waals surface area (Å²) < 4.78 is 11.5. The number of benzene rings is 2. The predicted octanol–water partition coefficient (Wildman–Crippen LogP) is 4.33. The van der Waals surface area contributed by atoms with Gasteiger partial charge in [-0.1, -0.05) is 30.3 Å². The Morgan fingerprint density at radius 1 is 1.17 bits per heavy atom. The SMILES string of the molecule is COc1ccc2c(c1)OC(C)(C)C[C@@H]2NC(=O)C1CCN(Cc2ccccc2)CC1. The molecule has 2 aromatic rings. The maximum absolute atomic E-state index is 13.1. The lowest BCUT2D eigenvalue weighted by molar-refractivity contribution is -0.127. The number of likely N-dealkylation sites (tertiary alicyclic amines) is 1. The van der Waals surface area contributed by atoms with Crippen LogP contribution in [0.2, 0.25) is 0 Å². The predicted molar refractivity (Wildman–Crippen MR) is 118 cm³/mol. The molecule has 0 saturated carbocycles. The van der Waals surface area contributed by atoms with Crippen molar-refractivity contribution in [3.05, 3.63) is 59.7 Å². The van der Waals surface area contributed by atoms with Gasteiger partial charge in [-0.3, -0.25) is 9.69 Å². The summed E-state index contributed by atoms with van der Waals surface area (Å²) in [5.74, 6) is 1.81.